The standard InChI is InChI=1S/C23H30O2/c1-13-10-17-18(22(4)8-6-16(25)12-19(13)22)7-9-23(5)20(17)11-14(2)21(23)15(3)24/h10,12,17-18,20H,6-9,11H2,1-5H3/t17-,18+,20+,22-,23+/m1/s1. The average molecular weight is 338 g/mol. The maximum absolute atomic E-state index is 12.3. The van der Waals surface area contributed by atoms with Gasteiger partial charge in [0, 0.05) is 6.42 Å². The minimum atomic E-state index is 0.0376. The third kappa shape index (κ3) is 2.15. The van der Waals surface area contributed by atoms with Crippen molar-refractivity contribution in [3.8, 4) is 0 Å². The first-order valence-electron chi connectivity index (χ1n) is 9.83. The van der Waals surface area contributed by atoms with Crippen LogP contribution in [-0.2, 0) is 9.59 Å². The molecule has 25 heavy (non-hydrogen) atoms. The molecule has 0 aliphatic heterocycles. The van der Waals surface area contributed by atoms with Gasteiger partial charge in [-0.15, -0.1) is 0 Å². The minimum absolute atomic E-state index is 0.0376. The molecule has 1 fully saturated rings. The SMILES string of the molecule is CC(=O)C1=C(C)C[C@H]2[C@@H]3C=C(C)C4=CC(=O)CC[C@]4(C)[C@H]3CC[C@]12C. The van der Waals surface area contributed by atoms with E-state index in [4.69, 9.17) is 0 Å². The van der Waals surface area contributed by atoms with E-state index < -0.39 is 0 Å². The van der Waals surface area contributed by atoms with Gasteiger partial charge < -0.3 is 0 Å². The molecule has 5 atom stereocenters. The molecule has 0 aromatic heterocycles. The molecule has 0 aromatic rings. The minimum Gasteiger partial charge on any atom is -0.295 e. The van der Waals surface area contributed by atoms with Gasteiger partial charge in [0.1, 0.15) is 0 Å². The lowest BCUT2D eigenvalue weighted by Gasteiger charge is -2.56. The quantitative estimate of drug-likeness (QED) is 0.658. The monoisotopic (exact) mass is 338 g/mol. The van der Waals surface area contributed by atoms with E-state index in [0.717, 1.165) is 31.3 Å². The second-order valence-electron chi connectivity index (χ2n) is 9.45. The highest BCUT2D eigenvalue weighted by Gasteiger charge is 2.58. The number of hydrogen-bond donors (Lipinski definition) is 0. The summed E-state index contributed by atoms with van der Waals surface area (Å²) in [6, 6.07) is 0. The van der Waals surface area contributed by atoms with Crippen LogP contribution >= 0.6 is 0 Å². The lowest BCUT2D eigenvalue weighted by atomic mass is 9.47. The number of rotatable bonds is 1. The van der Waals surface area contributed by atoms with E-state index in [9.17, 15) is 9.59 Å². The molecule has 0 unspecified atom stereocenters. The van der Waals surface area contributed by atoms with Crippen molar-refractivity contribution in [3.63, 3.8) is 0 Å². The Balaban J connectivity index is 1.80. The Morgan fingerprint density at radius 3 is 2.52 bits per heavy atom. The highest BCUT2D eigenvalue weighted by Crippen LogP contribution is 2.65. The molecule has 0 radical (unpaired) electrons. The van der Waals surface area contributed by atoms with Crippen molar-refractivity contribution in [2.45, 2.75) is 66.7 Å². The van der Waals surface area contributed by atoms with Gasteiger partial charge in [-0.1, -0.05) is 31.1 Å². The summed E-state index contributed by atoms with van der Waals surface area (Å²) in [7, 11) is 0. The summed E-state index contributed by atoms with van der Waals surface area (Å²) in [5.41, 5.74) is 5.20. The number of hydrogen-bond acceptors (Lipinski definition) is 2. The second kappa shape index (κ2) is 5.28. The summed E-state index contributed by atoms with van der Waals surface area (Å²) in [6.07, 6.45) is 9.38. The number of carbonyl (C=O) groups excluding carboxylic acids is 2. The van der Waals surface area contributed by atoms with Crippen molar-refractivity contribution >= 4 is 11.6 Å². The zero-order chi connectivity index (χ0) is 18.1. The fourth-order valence-electron chi connectivity index (χ4n) is 7.05. The van der Waals surface area contributed by atoms with Gasteiger partial charge >= 0.3 is 0 Å². The van der Waals surface area contributed by atoms with Crippen molar-refractivity contribution in [1.29, 1.82) is 0 Å². The first-order chi connectivity index (χ1) is 11.7. The highest BCUT2D eigenvalue weighted by molar-refractivity contribution is 5.96. The maximum Gasteiger partial charge on any atom is 0.156 e. The molecule has 0 aromatic carbocycles. The van der Waals surface area contributed by atoms with E-state index in [1.807, 2.05) is 6.08 Å². The van der Waals surface area contributed by atoms with Gasteiger partial charge in [-0.2, -0.15) is 0 Å². The van der Waals surface area contributed by atoms with E-state index in [1.54, 1.807) is 6.92 Å². The van der Waals surface area contributed by atoms with E-state index >= 15 is 0 Å². The van der Waals surface area contributed by atoms with Crippen LogP contribution in [0.15, 0.2) is 34.4 Å². The van der Waals surface area contributed by atoms with Crippen molar-refractivity contribution < 1.29 is 9.59 Å². The summed E-state index contributed by atoms with van der Waals surface area (Å²) in [5, 5.41) is 0. The van der Waals surface area contributed by atoms with Crippen LogP contribution in [0.5, 0.6) is 0 Å². The summed E-state index contributed by atoms with van der Waals surface area (Å²) < 4.78 is 0. The molecule has 134 valence electrons. The molecule has 0 N–H and O–H groups in total. The molecule has 2 heteroatoms. The molecule has 4 aliphatic carbocycles. The second-order valence-corrected chi connectivity index (χ2v) is 9.45. The normalized spacial score (nSPS) is 43.1. The van der Waals surface area contributed by atoms with Gasteiger partial charge in [-0.25, -0.2) is 0 Å². The predicted molar refractivity (Wildman–Crippen MR) is 100.0 cm³/mol. The Hall–Kier alpha value is -1.44. The first-order valence-corrected chi connectivity index (χ1v) is 9.83. The van der Waals surface area contributed by atoms with Crippen LogP contribution < -0.4 is 0 Å². The summed E-state index contributed by atoms with van der Waals surface area (Å²) in [6.45, 7) is 10.8. The van der Waals surface area contributed by atoms with Crippen LogP contribution in [0.3, 0.4) is 0 Å². The Kier molecular flexibility index (Phi) is 3.59. The molecule has 4 aliphatic rings. The Labute approximate surface area is 151 Å². The number of Topliss-reactive ketones (excluding diaryl/α,β-unsaturated/α-hetero) is 1. The van der Waals surface area contributed by atoms with Crippen molar-refractivity contribution in [2.75, 3.05) is 0 Å². The van der Waals surface area contributed by atoms with Crippen LogP contribution in [0.25, 0.3) is 0 Å². The third-order valence-electron chi connectivity index (χ3n) is 8.10. The smallest absolute Gasteiger partial charge is 0.156 e. The summed E-state index contributed by atoms with van der Waals surface area (Å²) >= 11 is 0. The number of ketones is 2. The molecule has 0 saturated heterocycles. The molecule has 0 bridgehead atoms. The van der Waals surface area contributed by atoms with Gasteiger partial charge in [0.25, 0.3) is 0 Å². The van der Waals surface area contributed by atoms with Gasteiger partial charge in [0.15, 0.2) is 11.6 Å². The fourth-order valence-corrected chi connectivity index (χ4v) is 7.05. The number of carbonyl (C=O) groups is 2. The van der Waals surface area contributed by atoms with E-state index in [0.29, 0.717) is 24.2 Å². The van der Waals surface area contributed by atoms with Gasteiger partial charge in [0.05, 0.1) is 0 Å². The van der Waals surface area contributed by atoms with Gasteiger partial charge in [0.2, 0.25) is 0 Å². The average Bonchev–Trinajstić information content (AvgIpc) is 2.80. The Morgan fingerprint density at radius 2 is 1.84 bits per heavy atom. The molecular formula is C23H30O2. The molecular weight excluding hydrogens is 308 g/mol. The summed E-state index contributed by atoms with van der Waals surface area (Å²) in [4.78, 5) is 24.4. The molecule has 1 saturated carbocycles. The molecule has 0 spiro atoms. The molecule has 0 amide bonds. The summed E-state index contributed by atoms with van der Waals surface area (Å²) in [5.74, 6) is 2.23. The highest BCUT2D eigenvalue weighted by atomic mass is 16.1. The van der Waals surface area contributed by atoms with Crippen molar-refractivity contribution in [2.24, 2.45) is 28.6 Å². The van der Waals surface area contributed by atoms with Crippen molar-refractivity contribution in [1.82, 2.24) is 0 Å². The van der Waals surface area contributed by atoms with Gasteiger partial charge in [-0.3, -0.25) is 9.59 Å². The molecule has 2 nitrogen and oxygen atoms in total. The predicted octanol–water partition coefficient (Wildman–Crippen LogP) is 5.20. The maximum atomic E-state index is 12.3. The van der Waals surface area contributed by atoms with E-state index in [-0.39, 0.29) is 22.4 Å². The largest absolute Gasteiger partial charge is 0.295 e. The molecule has 4 rings (SSSR count). The zero-order valence-corrected chi connectivity index (χ0v) is 16.2. The van der Waals surface area contributed by atoms with Gasteiger partial charge in [-0.05, 0) is 92.3 Å². The van der Waals surface area contributed by atoms with Crippen LogP contribution in [-0.4, -0.2) is 11.6 Å². The number of allylic oxidation sites excluding steroid dienone is 6. The lowest BCUT2D eigenvalue weighted by Crippen LogP contribution is -2.49. The van der Waals surface area contributed by atoms with Crippen LogP contribution in [0.2, 0.25) is 0 Å². The van der Waals surface area contributed by atoms with E-state index in [2.05, 4.69) is 33.8 Å². The number of fused-ring (bicyclic) bond motifs is 5. The Bertz CT molecular complexity index is 765. The Morgan fingerprint density at radius 1 is 1.12 bits per heavy atom. The molecule has 0 heterocycles. The first kappa shape index (κ1) is 17.0. The van der Waals surface area contributed by atoms with Crippen LogP contribution in [0.1, 0.15) is 66.7 Å². The third-order valence-corrected chi connectivity index (χ3v) is 8.10. The zero-order valence-electron chi connectivity index (χ0n) is 16.2. The van der Waals surface area contributed by atoms with E-state index in [1.165, 1.54) is 16.7 Å². The fraction of sp³-hybridized carbons (Fsp3) is 0.652. The van der Waals surface area contributed by atoms with Crippen LogP contribution in [0, 0.1) is 28.6 Å². The van der Waals surface area contributed by atoms with Crippen molar-refractivity contribution in [3.05, 3.63) is 34.4 Å². The lowest BCUT2D eigenvalue weighted by molar-refractivity contribution is -0.117. The van der Waals surface area contributed by atoms with Crippen LogP contribution in [0.4, 0.5) is 0 Å². The topological polar surface area (TPSA) is 34.1 Å².